The van der Waals surface area contributed by atoms with Crippen LogP contribution in [-0.4, -0.2) is 24.1 Å². The molecule has 5 nitrogen and oxygen atoms in total. The number of unbranched alkanes of at least 4 members (excludes halogenated alkanes) is 1. The van der Waals surface area contributed by atoms with Crippen LogP contribution in [0.4, 0.5) is 11.5 Å². The second kappa shape index (κ2) is 6.17. The molecule has 2 heterocycles. The van der Waals surface area contributed by atoms with Crippen LogP contribution in [0.25, 0.3) is 0 Å². The number of carbonyl (C=O) groups excluding carboxylic acids is 2. The van der Waals surface area contributed by atoms with Crippen LogP contribution in [0.1, 0.15) is 25.5 Å². The maximum Gasteiger partial charge on any atom is 0.168 e. The van der Waals surface area contributed by atoms with E-state index in [-0.39, 0.29) is 5.70 Å². The van der Waals surface area contributed by atoms with E-state index >= 15 is 0 Å². The van der Waals surface area contributed by atoms with Crippen molar-refractivity contribution in [3.05, 3.63) is 27.6 Å². The lowest BCUT2D eigenvalue weighted by molar-refractivity contribution is -0.107. The van der Waals surface area contributed by atoms with Gasteiger partial charge in [-0.2, -0.15) is 0 Å². The molecule has 0 atom stereocenters. The number of hydrogen-bond donors (Lipinski definition) is 1. The highest BCUT2D eigenvalue weighted by atomic mass is 79.9. The molecular formula is C14H16BrN3O2. The van der Waals surface area contributed by atoms with Crippen LogP contribution in [0.3, 0.4) is 0 Å². The molecule has 0 aromatic carbocycles. The predicted octanol–water partition coefficient (Wildman–Crippen LogP) is 2.79. The molecule has 0 saturated heterocycles. The number of carbonyl (C=O) groups is 2. The van der Waals surface area contributed by atoms with Gasteiger partial charge in [-0.1, -0.05) is 13.3 Å². The van der Waals surface area contributed by atoms with Crippen LogP contribution >= 0.6 is 15.9 Å². The molecule has 1 aliphatic rings. The van der Waals surface area contributed by atoms with E-state index in [1.807, 2.05) is 17.9 Å². The second-order valence-corrected chi connectivity index (χ2v) is 5.44. The summed E-state index contributed by atoms with van der Waals surface area (Å²) >= 11 is 3.45. The van der Waals surface area contributed by atoms with E-state index < -0.39 is 0 Å². The lowest BCUT2D eigenvalue weighted by Gasteiger charge is -2.32. The Morgan fingerprint density at radius 2 is 2.15 bits per heavy atom. The van der Waals surface area contributed by atoms with E-state index in [1.165, 1.54) is 0 Å². The number of anilines is 2. The van der Waals surface area contributed by atoms with Crippen LogP contribution in [0.2, 0.25) is 0 Å². The van der Waals surface area contributed by atoms with Gasteiger partial charge in [0.05, 0.1) is 11.4 Å². The number of hydrogen-bond acceptors (Lipinski definition) is 5. The van der Waals surface area contributed by atoms with Crippen molar-refractivity contribution in [1.82, 2.24) is 4.98 Å². The normalized spacial score (nSPS) is 13.8. The third-order valence-electron chi connectivity index (χ3n) is 3.21. The van der Waals surface area contributed by atoms with Crippen molar-refractivity contribution in [2.75, 3.05) is 16.8 Å². The maximum atomic E-state index is 11.3. The van der Waals surface area contributed by atoms with E-state index in [0.29, 0.717) is 30.6 Å². The summed E-state index contributed by atoms with van der Waals surface area (Å²) in [6.45, 7) is 4.63. The topological polar surface area (TPSA) is 62.3 Å². The molecule has 0 unspecified atom stereocenters. The number of nitrogens with zero attached hydrogens (tertiary/aromatic N) is 2. The molecular weight excluding hydrogens is 322 g/mol. The van der Waals surface area contributed by atoms with Crippen molar-refractivity contribution in [3.8, 4) is 0 Å². The first-order valence-electron chi connectivity index (χ1n) is 6.48. The number of nitrogens with one attached hydrogen (secondary N) is 1. The largest absolute Gasteiger partial charge is 0.334 e. The number of pyridine rings is 1. The monoisotopic (exact) mass is 337 g/mol. The Balaban J connectivity index is 2.54. The van der Waals surface area contributed by atoms with Gasteiger partial charge in [0.15, 0.2) is 18.4 Å². The fraction of sp³-hybridized carbons (Fsp3) is 0.357. The first-order valence-corrected chi connectivity index (χ1v) is 7.28. The number of aldehydes is 2. The van der Waals surface area contributed by atoms with E-state index in [9.17, 15) is 9.59 Å². The number of fused-ring (bicyclic) bond motifs is 1. The summed E-state index contributed by atoms with van der Waals surface area (Å²) in [5.41, 5.74) is 2.26. The molecule has 0 saturated carbocycles. The minimum Gasteiger partial charge on any atom is -0.334 e. The van der Waals surface area contributed by atoms with E-state index in [4.69, 9.17) is 0 Å². The van der Waals surface area contributed by atoms with Crippen molar-refractivity contribution < 1.29 is 9.59 Å². The van der Waals surface area contributed by atoms with E-state index in [0.717, 1.165) is 28.7 Å². The first kappa shape index (κ1) is 14.7. The highest BCUT2D eigenvalue weighted by molar-refractivity contribution is 9.10. The Bertz CT molecular complexity index is 584. The highest BCUT2D eigenvalue weighted by Crippen LogP contribution is 2.36. The third-order valence-corrected chi connectivity index (χ3v) is 4.01. The molecule has 1 aromatic rings. The lowest BCUT2D eigenvalue weighted by atomic mass is 10.1. The van der Waals surface area contributed by atoms with E-state index in [2.05, 4.69) is 33.2 Å². The molecule has 0 fully saturated rings. The average molecular weight is 338 g/mol. The van der Waals surface area contributed by atoms with Crippen molar-refractivity contribution >= 4 is 40.0 Å². The molecule has 0 bridgehead atoms. The van der Waals surface area contributed by atoms with Crippen molar-refractivity contribution in [3.63, 3.8) is 0 Å². The summed E-state index contributed by atoms with van der Waals surface area (Å²) in [6, 6.07) is 1.92. The van der Waals surface area contributed by atoms with Crippen LogP contribution in [0.5, 0.6) is 0 Å². The minimum absolute atomic E-state index is 0.262. The van der Waals surface area contributed by atoms with Gasteiger partial charge in [0.25, 0.3) is 0 Å². The Morgan fingerprint density at radius 3 is 2.75 bits per heavy atom. The predicted molar refractivity (Wildman–Crippen MR) is 81.7 cm³/mol. The van der Waals surface area contributed by atoms with Gasteiger partial charge < -0.3 is 10.2 Å². The zero-order valence-electron chi connectivity index (χ0n) is 11.4. The number of aromatic nitrogens is 1. The zero-order valence-corrected chi connectivity index (χ0v) is 13.0. The van der Waals surface area contributed by atoms with Gasteiger partial charge in [-0.05, 0) is 35.3 Å². The summed E-state index contributed by atoms with van der Waals surface area (Å²) < 4.78 is 0.874. The number of allylic oxidation sites excluding steroid dienone is 2. The molecule has 1 aromatic heterocycles. The summed E-state index contributed by atoms with van der Waals surface area (Å²) in [7, 11) is 0. The molecule has 106 valence electrons. The third kappa shape index (κ3) is 2.60. The summed E-state index contributed by atoms with van der Waals surface area (Å²) in [4.78, 5) is 28.8. The Morgan fingerprint density at radius 1 is 1.40 bits per heavy atom. The number of rotatable bonds is 5. The van der Waals surface area contributed by atoms with Crippen molar-refractivity contribution in [2.24, 2.45) is 0 Å². The van der Waals surface area contributed by atoms with Crippen LogP contribution in [0, 0.1) is 6.92 Å². The van der Waals surface area contributed by atoms with Crippen LogP contribution in [0.15, 0.2) is 21.9 Å². The fourth-order valence-electron chi connectivity index (χ4n) is 2.11. The number of halogens is 1. The van der Waals surface area contributed by atoms with Crippen molar-refractivity contribution in [2.45, 2.75) is 26.7 Å². The molecule has 20 heavy (non-hydrogen) atoms. The molecule has 0 radical (unpaired) electrons. The molecule has 0 spiro atoms. The first-order chi connectivity index (χ1) is 9.62. The molecule has 0 aliphatic carbocycles. The van der Waals surface area contributed by atoms with Gasteiger partial charge in [-0.3, -0.25) is 9.59 Å². The fourth-order valence-corrected chi connectivity index (χ4v) is 2.42. The van der Waals surface area contributed by atoms with Crippen molar-refractivity contribution in [1.29, 1.82) is 0 Å². The summed E-state index contributed by atoms with van der Waals surface area (Å²) in [6.07, 6.45) is 3.30. The maximum absolute atomic E-state index is 11.3. The average Bonchev–Trinajstić information content (AvgIpc) is 2.45. The van der Waals surface area contributed by atoms with E-state index in [1.54, 1.807) is 0 Å². The van der Waals surface area contributed by atoms with Gasteiger partial charge in [-0.25, -0.2) is 4.98 Å². The van der Waals surface area contributed by atoms with Gasteiger partial charge in [0, 0.05) is 11.0 Å². The highest BCUT2D eigenvalue weighted by Gasteiger charge is 2.26. The smallest absolute Gasteiger partial charge is 0.168 e. The molecule has 0 amide bonds. The van der Waals surface area contributed by atoms with Gasteiger partial charge >= 0.3 is 0 Å². The summed E-state index contributed by atoms with van der Waals surface area (Å²) in [5.74, 6) is 0.606. The van der Waals surface area contributed by atoms with Gasteiger partial charge in [-0.15, -0.1) is 0 Å². The number of aryl methyl sites for hydroxylation is 1. The molecule has 1 N–H and O–H groups in total. The molecule has 2 rings (SSSR count). The Hall–Kier alpha value is -1.69. The minimum atomic E-state index is 0.262. The van der Waals surface area contributed by atoms with Crippen LogP contribution < -0.4 is 10.2 Å². The van der Waals surface area contributed by atoms with Crippen LogP contribution in [-0.2, 0) is 9.59 Å². The Kier molecular flexibility index (Phi) is 4.54. The standard InChI is InChI=1S/C14H16BrN3O2/c1-3-4-5-18-12-6-10(15)9(2)16-14(12)17-11(7-19)13(18)8-20/h6-8H,3-5H2,1-2H3,(H,16,17). The lowest BCUT2D eigenvalue weighted by Crippen LogP contribution is -2.32. The van der Waals surface area contributed by atoms with Gasteiger partial charge in [0.1, 0.15) is 11.4 Å². The molecule has 1 aliphatic heterocycles. The Labute approximate surface area is 126 Å². The SMILES string of the molecule is CCCCN1C(C=O)=C(C=O)Nc2nc(C)c(Br)cc21. The van der Waals surface area contributed by atoms with Gasteiger partial charge in [0.2, 0.25) is 0 Å². The quantitative estimate of drug-likeness (QED) is 0.837. The molecule has 6 heteroatoms. The second-order valence-electron chi connectivity index (χ2n) is 4.59. The zero-order chi connectivity index (χ0) is 14.7. The summed E-state index contributed by atoms with van der Waals surface area (Å²) in [5, 5.41) is 2.93.